The van der Waals surface area contributed by atoms with Gasteiger partial charge in [-0.25, -0.2) is 0 Å². The Bertz CT molecular complexity index is 723. The highest BCUT2D eigenvalue weighted by Gasteiger charge is 2.21. The predicted octanol–water partition coefficient (Wildman–Crippen LogP) is 2.05. The van der Waals surface area contributed by atoms with Gasteiger partial charge in [0.05, 0.1) is 12.7 Å². The zero-order valence-electron chi connectivity index (χ0n) is 14.5. The molecule has 7 heteroatoms. The summed E-state index contributed by atoms with van der Waals surface area (Å²) in [6.45, 7) is 4.34. The monoisotopic (exact) mass is 375 g/mol. The van der Waals surface area contributed by atoms with Gasteiger partial charge in [-0.2, -0.15) is 0 Å². The van der Waals surface area contributed by atoms with Gasteiger partial charge >= 0.3 is 0 Å². The van der Waals surface area contributed by atoms with Crippen molar-refractivity contribution in [1.82, 2.24) is 15.1 Å². The molecule has 1 N–H and O–H groups in total. The van der Waals surface area contributed by atoms with Gasteiger partial charge < -0.3 is 14.6 Å². The van der Waals surface area contributed by atoms with Gasteiger partial charge in [-0.15, -0.1) is 0 Å². The van der Waals surface area contributed by atoms with Gasteiger partial charge in [0.15, 0.2) is 5.76 Å². The Labute approximate surface area is 157 Å². The van der Waals surface area contributed by atoms with E-state index in [0.717, 1.165) is 25.2 Å². The van der Waals surface area contributed by atoms with Gasteiger partial charge in [0, 0.05) is 44.3 Å². The molecule has 0 saturated carbocycles. The average Bonchev–Trinajstić information content (AvgIpc) is 3.19. The number of hydrogen-bond donors (Lipinski definition) is 1. The quantitative estimate of drug-likeness (QED) is 0.839. The van der Waals surface area contributed by atoms with Crippen molar-refractivity contribution >= 4 is 23.4 Å². The van der Waals surface area contributed by atoms with Crippen LogP contribution in [-0.4, -0.2) is 60.9 Å². The first-order valence-electron chi connectivity index (χ1n) is 8.68. The SMILES string of the molecule is O=C(NCCN1CCN(C(=O)Cc2ccc(Cl)cc2)CC1)c1ccco1. The second-order valence-corrected chi connectivity index (χ2v) is 6.70. The van der Waals surface area contributed by atoms with Gasteiger partial charge in [0.25, 0.3) is 5.91 Å². The second-order valence-electron chi connectivity index (χ2n) is 6.26. The minimum atomic E-state index is -0.202. The summed E-state index contributed by atoms with van der Waals surface area (Å²) in [5.41, 5.74) is 0.975. The van der Waals surface area contributed by atoms with Crippen LogP contribution in [0.25, 0.3) is 0 Å². The molecule has 0 bridgehead atoms. The first-order chi connectivity index (χ1) is 12.6. The Morgan fingerprint density at radius 1 is 1.08 bits per heavy atom. The fourth-order valence-electron chi connectivity index (χ4n) is 2.93. The van der Waals surface area contributed by atoms with Crippen LogP contribution in [0.3, 0.4) is 0 Å². The van der Waals surface area contributed by atoms with Crippen molar-refractivity contribution in [2.75, 3.05) is 39.3 Å². The van der Waals surface area contributed by atoms with Crippen molar-refractivity contribution in [1.29, 1.82) is 0 Å². The number of nitrogens with one attached hydrogen (secondary N) is 1. The van der Waals surface area contributed by atoms with Crippen molar-refractivity contribution in [3.05, 3.63) is 59.0 Å². The molecular weight excluding hydrogens is 354 g/mol. The molecule has 2 amide bonds. The largest absolute Gasteiger partial charge is 0.459 e. The van der Waals surface area contributed by atoms with Gasteiger partial charge in [-0.1, -0.05) is 23.7 Å². The molecule has 0 aliphatic carbocycles. The van der Waals surface area contributed by atoms with Crippen LogP contribution in [0, 0.1) is 0 Å². The first-order valence-corrected chi connectivity index (χ1v) is 9.06. The van der Waals surface area contributed by atoms with E-state index < -0.39 is 0 Å². The lowest BCUT2D eigenvalue weighted by molar-refractivity contribution is -0.132. The molecule has 0 spiro atoms. The maximum atomic E-state index is 12.4. The van der Waals surface area contributed by atoms with Crippen molar-refractivity contribution in [2.24, 2.45) is 0 Å². The van der Waals surface area contributed by atoms with E-state index in [1.165, 1.54) is 6.26 Å². The summed E-state index contributed by atoms with van der Waals surface area (Å²) in [5.74, 6) is 0.257. The number of piperazine rings is 1. The van der Waals surface area contributed by atoms with Crippen molar-refractivity contribution in [3.63, 3.8) is 0 Å². The third kappa shape index (κ3) is 5.09. The number of rotatable bonds is 6. The number of furan rings is 1. The lowest BCUT2D eigenvalue weighted by Gasteiger charge is -2.34. The Morgan fingerprint density at radius 2 is 1.81 bits per heavy atom. The van der Waals surface area contributed by atoms with Crippen LogP contribution in [0.2, 0.25) is 5.02 Å². The Morgan fingerprint density at radius 3 is 2.46 bits per heavy atom. The second kappa shape index (κ2) is 8.87. The predicted molar refractivity (Wildman–Crippen MR) is 99.2 cm³/mol. The molecule has 1 aromatic carbocycles. The van der Waals surface area contributed by atoms with Crippen LogP contribution in [0.15, 0.2) is 47.1 Å². The molecule has 1 aromatic heterocycles. The van der Waals surface area contributed by atoms with E-state index in [2.05, 4.69) is 10.2 Å². The molecule has 1 saturated heterocycles. The summed E-state index contributed by atoms with van der Waals surface area (Å²) in [6, 6.07) is 10.7. The minimum absolute atomic E-state index is 0.137. The third-order valence-electron chi connectivity index (χ3n) is 4.45. The van der Waals surface area contributed by atoms with Gasteiger partial charge in [0.2, 0.25) is 5.91 Å². The molecule has 1 aliphatic rings. The summed E-state index contributed by atoms with van der Waals surface area (Å²) in [5, 5.41) is 3.51. The normalized spacial score (nSPS) is 15.0. The van der Waals surface area contributed by atoms with E-state index in [4.69, 9.17) is 16.0 Å². The highest BCUT2D eigenvalue weighted by molar-refractivity contribution is 6.30. The van der Waals surface area contributed by atoms with Crippen LogP contribution in [-0.2, 0) is 11.2 Å². The lowest BCUT2D eigenvalue weighted by Crippen LogP contribution is -2.50. The summed E-state index contributed by atoms with van der Waals surface area (Å²) in [6.07, 6.45) is 1.88. The Kier molecular flexibility index (Phi) is 6.30. The van der Waals surface area contributed by atoms with E-state index in [1.807, 2.05) is 17.0 Å². The molecule has 2 heterocycles. The zero-order valence-corrected chi connectivity index (χ0v) is 15.2. The van der Waals surface area contributed by atoms with E-state index in [9.17, 15) is 9.59 Å². The molecule has 1 fully saturated rings. The zero-order chi connectivity index (χ0) is 18.4. The van der Waals surface area contributed by atoms with E-state index >= 15 is 0 Å². The molecule has 3 rings (SSSR count). The molecule has 0 atom stereocenters. The minimum Gasteiger partial charge on any atom is -0.459 e. The van der Waals surface area contributed by atoms with Gasteiger partial charge in [-0.05, 0) is 29.8 Å². The van der Waals surface area contributed by atoms with Crippen LogP contribution in [0.5, 0.6) is 0 Å². The Balaban J connectivity index is 1.36. The van der Waals surface area contributed by atoms with Crippen molar-refractivity contribution in [3.8, 4) is 0 Å². The van der Waals surface area contributed by atoms with E-state index in [1.54, 1.807) is 24.3 Å². The molecule has 0 unspecified atom stereocenters. The van der Waals surface area contributed by atoms with Crippen molar-refractivity contribution < 1.29 is 14.0 Å². The third-order valence-corrected chi connectivity index (χ3v) is 4.70. The number of carbonyl (C=O) groups excluding carboxylic acids is 2. The van der Waals surface area contributed by atoms with Gasteiger partial charge in [-0.3, -0.25) is 14.5 Å². The average molecular weight is 376 g/mol. The summed E-state index contributed by atoms with van der Waals surface area (Å²) >= 11 is 5.87. The topological polar surface area (TPSA) is 65.8 Å². The molecule has 0 radical (unpaired) electrons. The van der Waals surface area contributed by atoms with Gasteiger partial charge in [0.1, 0.15) is 0 Å². The van der Waals surface area contributed by atoms with Crippen LogP contribution in [0.4, 0.5) is 0 Å². The molecular formula is C19H22ClN3O3. The van der Waals surface area contributed by atoms with Crippen LogP contribution < -0.4 is 5.32 Å². The molecule has 1 aliphatic heterocycles. The molecule has 26 heavy (non-hydrogen) atoms. The highest BCUT2D eigenvalue weighted by atomic mass is 35.5. The fourth-order valence-corrected chi connectivity index (χ4v) is 3.06. The number of benzene rings is 1. The fraction of sp³-hybridized carbons (Fsp3) is 0.368. The number of nitrogens with zero attached hydrogens (tertiary/aromatic N) is 2. The number of carbonyl (C=O) groups is 2. The van der Waals surface area contributed by atoms with Crippen LogP contribution in [0.1, 0.15) is 16.1 Å². The van der Waals surface area contributed by atoms with Crippen molar-refractivity contribution in [2.45, 2.75) is 6.42 Å². The van der Waals surface area contributed by atoms with Crippen LogP contribution >= 0.6 is 11.6 Å². The number of amides is 2. The maximum absolute atomic E-state index is 12.4. The number of halogens is 1. The van der Waals surface area contributed by atoms with E-state index in [-0.39, 0.29) is 11.8 Å². The molecule has 6 nitrogen and oxygen atoms in total. The molecule has 138 valence electrons. The maximum Gasteiger partial charge on any atom is 0.287 e. The first kappa shape index (κ1) is 18.5. The summed E-state index contributed by atoms with van der Waals surface area (Å²) in [4.78, 5) is 28.3. The smallest absolute Gasteiger partial charge is 0.287 e. The number of hydrogen-bond acceptors (Lipinski definition) is 4. The Hall–Kier alpha value is -2.31. The van der Waals surface area contributed by atoms with E-state index in [0.29, 0.717) is 36.8 Å². The summed E-state index contributed by atoms with van der Waals surface area (Å²) < 4.78 is 5.06. The standard InChI is InChI=1S/C19H22ClN3O3/c20-16-5-3-15(4-6-16)14-18(24)23-11-9-22(10-12-23)8-7-21-19(25)17-2-1-13-26-17/h1-6,13H,7-12,14H2,(H,21,25). The summed E-state index contributed by atoms with van der Waals surface area (Å²) in [7, 11) is 0. The highest BCUT2D eigenvalue weighted by Crippen LogP contribution is 2.12. The molecule has 2 aromatic rings. The lowest BCUT2D eigenvalue weighted by atomic mass is 10.1.